The summed E-state index contributed by atoms with van der Waals surface area (Å²) in [5.74, 6) is 0. The van der Waals surface area contributed by atoms with Gasteiger partial charge in [0.15, 0.2) is 0 Å². The van der Waals surface area contributed by atoms with E-state index in [0.717, 1.165) is 15.9 Å². The molecule has 11 heteroatoms. The molecule has 0 spiro atoms. The van der Waals surface area contributed by atoms with Gasteiger partial charge in [-0.15, -0.1) is 5.10 Å². The van der Waals surface area contributed by atoms with Gasteiger partial charge in [-0.05, 0) is 71.4 Å². The van der Waals surface area contributed by atoms with Gasteiger partial charge in [0.05, 0.1) is 32.6 Å². The Balaban J connectivity index is 1.79. The van der Waals surface area contributed by atoms with E-state index in [1.54, 1.807) is 35.1 Å². The van der Waals surface area contributed by atoms with Gasteiger partial charge in [0.25, 0.3) is 0 Å². The lowest BCUT2D eigenvalue weighted by atomic mass is 10.2. The third-order valence-corrected chi connectivity index (χ3v) is 6.32. The molecule has 2 aromatic carbocycles. The first-order chi connectivity index (χ1) is 13.7. The number of nitrogens with two attached hydrogens (primary N) is 1. The van der Waals surface area contributed by atoms with E-state index in [4.69, 9.17) is 16.7 Å². The van der Waals surface area contributed by atoms with E-state index >= 15 is 0 Å². The molecule has 4 rings (SSSR count). The molecule has 2 N–H and O–H groups in total. The molecule has 2 heterocycles. The maximum absolute atomic E-state index is 11.5. The van der Waals surface area contributed by atoms with Crippen LogP contribution in [-0.2, 0) is 10.0 Å². The first-order valence-corrected chi connectivity index (χ1v) is 11.0. The third-order valence-electron chi connectivity index (χ3n) is 4.19. The Labute approximate surface area is 180 Å². The fourth-order valence-corrected chi connectivity index (χ4v) is 3.86. The summed E-state index contributed by atoms with van der Waals surface area (Å²) in [5.41, 5.74) is 3.44. The van der Waals surface area contributed by atoms with Crippen molar-refractivity contribution in [3.63, 3.8) is 0 Å². The average molecular weight is 494 g/mol. The van der Waals surface area contributed by atoms with E-state index in [1.807, 2.05) is 19.1 Å². The molecule has 0 fully saturated rings. The number of nitrogens with zero attached hydrogens (tertiary/aromatic N) is 5. The first kappa shape index (κ1) is 19.8. The summed E-state index contributed by atoms with van der Waals surface area (Å²) in [4.78, 5) is 1.52. The molecular formula is C18H14BrClN6O2S. The number of primary sulfonamides is 1. The number of hydrogen-bond acceptors (Lipinski definition) is 5. The summed E-state index contributed by atoms with van der Waals surface area (Å²) in [5, 5.41) is 19.2. The van der Waals surface area contributed by atoms with Crippen LogP contribution in [0.2, 0.25) is 5.02 Å². The highest BCUT2D eigenvalue weighted by molar-refractivity contribution is 9.10. The molecule has 2 aromatic heterocycles. The van der Waals surface area contributed by atoms with Crippen molar-refractivity contribution >= 4 is 37.6 Å². The molecule has 0 radical (unpaired) electrons. The van der Waals surface area contributed by atoms with Gasteiger partial charge in [0.1, 0.15) is 11.4 Å². The van der Waals surface area contributed by atoms with Crippen molar-refractivity contribution in [3.8, 4) is 22.8 Å². The molecule has 29 heavy (non-hydrogen) atoms. The second kappa shape index (κ2) is 7.38. The molecule has 0 amide bonds. The second-order valence-corrected chi connectivity index (χ2v) is 8.99. The minimum absolute atomic E-state index is 0.0272. The van der Waals surface area contributed by atoms with Crippen LogP contribution in [0.15, 0.2) is 64.1 Å². The lowest BCUT2D eigenvalue weighted by molar-refractivity contribution is 0.598. The molecule has 0 saturated heterocycles. The number of benzene rings is 2. The zero-order valence-electron chi connectivity index (χ0n) is 15.0. The van der Waals surface area contributed by atoms with Crippen molar-refractivity contribution < 1.29 is 8.42 Å². The van der Waals surface area contributed by atoms with Gasteiger partial charge in [-0.1, -0.05) is 11.6 Å². The van der Waals surface area contributed by atoms with Crippen LogP contribution in [0.1, 0.15) is 5.69 Å². The molecule has 148 valence electrons. The Kier molecular flexibility index (Phi) is 5.03. The molecule has 0 aliphatic heterocycles. The zero-order chi connectivity index (χ0) is 20.8. The predicted molar refractivity (Wildman–Crippen MR) is 113 cm³/mol. The average Bonchev–Trinajstić information content (AvgIpc) is 3.27. The number of aromatic nitrogens is 5. The van der Waals surface area contributed by atoms with E-state index in [2.05, 4.69) is 31.2 Å². The molecule has 4 aromatic rings. The van der Waals surface area contributed by atoms with Crippen molar-refractivity contribution in [1.82, 2.24) is 24.8 Å². The quantitative estimate of drug-likeness (QED) is 0.468. The molecule has 0 saturated carbocycles. The monoisotopic (exact) mass is 492 g/mol. The predicted octanol–water partition coefficient (Wildman–Crippen LogP) is 3.49. The molecule has 8 nitrogen and oxygen atoms in total. The highest BCUT2D eigenvalue weighted by Gasteiger charge is 2.20. The summed E-state index contributed by atoms with van der Waals surface area (Å²) in [6.07, 6.45) is 1.63. The number of aryl methyl sites for hydroxylation is 1. The van der Waals surface area contributed by atoms with Crippen LogP contribution in [0, 0.1) is 6.92 Å². The number of hydrogen-bond donors (Lipinski definition) is 1. The fourth-order valence-electron chi connectivity index (χ4n) is 2.76. The number of sulfonamides is 1. The Hall–Kier alpha value is -2.53. The van der Waals surface area contributed by atoms with Crippen LogP contribution in [0.4, 0.5) is 0 Å². The van der Waals surface area contributed by atoms with Crippen LogP contribution in [-0.4, -0.2) is 33.2 Å². The highest BCUT2D eigenvalue weighted by Crippen LogP contribution is 2.32. The topological polar surface area (TPSA) is 109 Å². The molecule has 0 bridgehead atoms. The Morgan fingerprint density at radius 1 is 1.00 bits per heavy atom. The SMILES string of the molecule is Cc1nn(-c2ccc(S(N)(=O)=O)cc2)c(-c2cnn(-c3ccc(Cl)cc3)n2)c1Br. The summed E-state index contributed by atoms with van der Waals surface area (Å²) in [7, 11) is -3.77. The standard InChI is InChI=1S/C18H14BrClN6O2S/c1-11-17(19)18(16-10-22-26(24-16)14-4-2-12(20)3-5-14)25(23-11)13-6-8-15(9-7-13)29(21,27)28/h2-10H,1H3,(H2,21,27,28). The fraction of sp³-hybridized carbons (Fsp3) is 0.0556. The van der Waals surface area contributed by atoms with Gasteiger partial charge >= 0.3 is 0 Å². The summed E-state index contributed by atoms with van der Waals surface area (Å²) in [6, 6.07) is 13.3. The highest BCUT2D eigenvalue weighted by atomic mass is 79.9. The molecule has 0 unspecified atom stereocenters. The van der Waals surface area contributed by atoms with Crippen LogP contribution in [0.25, 0.3) is 22.8 Å². The van der Waals surface area contributed by atoms with E-state index in [-0.39, 0.29) is 4.90 Å². The van der Waals surface area contributed by atoms with Gasteiger partial charge in [-0.25, -0.2) is 18.2 Å². The van der Waals surface area contributed by atoms with Crippen molar-refractivity contribution in [2.24, 2.45) is 5.14 Å². The Morgan fingerprint density at radius 2 is 1.62 bits per heavy atom. The van der Waals surface area contributed by atoms with Crippen molar-refractivity contribution in [1.29, 1.82) is 0 Å². The van der Waals surface area contributed by atoms with Gasteiger partial charge in [0, 0.05) is 5.02 Å². The van der Waals surface area contributed by atoms with Gasteiger partial charge < -0.3 is 0 Å². The lowest BCUT2D eigenvalue weighted by Crippen LogP contribution is -2.12. The van der Waals surface area contributed by atoms with Gasteiger partial charge in [-0.3, -0.25) is 0 Å². The van der Waals surface area contributed by atoms with Gasteiger partial charge in [0.2, 0.25) is 10.0 Å². The Bertz CT molecular complexity index is 1300. The molecular weight excluding hydrogens is 480 g/mol. The maximum Gasteiger partial charge on any atom is 0.238 e. The van der Waals surface area contributed by atoms with Crippen molar-refractivity contribution in [2.75, 3.05) is 0 Å². The molecule has 0 aliphatic rings. The number of halogens is 2. The summed E-state index contributed by atoms with van der Waals surface area (Å²) >= 11 is 9.50. The van der Waals surface area contributed by atoms with Crippen LogP contribution in [0.5, 0.6) is 0 Å². The normalized spacial score (nSPS) is 11.7. The summed E-state index contributed by atoms with van der Waals surface area (Å²) < 4.78 is 25.4. The van der Waals surface area contributed by atoms with E-state index in [0.29, 0.717) is 22.1 Å². The van der Waals surface area contributed by atoms with E-state index < -0.39 is 10.0 Å². The second-order valence-electron chi connectivity index (χ2n) is 6.19. The van der Waals surface area contributed by atoms with Crippen LogP contribution < -0.4 is 5.14 Å². The molecule has 0 atom stereocenters. The Morgan fingerprint density at radius 3 is 2.24 bits per heavy atom. The smallest absolute Gasteiger partial charge is 0.230 e. The zero-order valence-corrected chi connectivity index (χ0v) is 18.1. The maximum atomic E-state index is 11.5. The third kappa shape index (κ3) is 3.84. The minimum Gasteiger partial charge on any atom is -0.230 e. The van der Waals surface area contributed by atoms with E-state index in [1.165, 1.54) is 16.9 Å². The number of rotatable bonds is 4. The first-order valence-electron chi connectivity index (χ1n) is 8.31. The van der Waals surface area contributed by atoms with Crippen molar-refractivity contribution in [2.45, 2.75) is 11.8 Å². The molecule has 0 aliphatic carbocycles. The largest absolute Gasteiger partial charge is 0.238 e. The lowest BCUT2D eigenvalue weighted by Gasteiger charge is -2.07. The minimum atomic E-state index is -3.77. The van der Waals surface area contributed by atoms with Crippen LogP contribution >= 0.6 is 27.5 Å². The van der Waals surface area contributed by atoms with Crippen LogP contribution in [0.3, 0.4) is 0 Å². The van der Waals surface area contributed by atoms with Crippen molar-refractivity contribution in [3.05, 3.63) is 69.9 Å². The van der Waals surface area contributed by atoms with Gasteiger partial charge in [-0.2, -0.15) is 15.0 Å². The summed E-state index contributed by atoms with van der Waals surface area (Å²) in [6.45, 7) is 1.85. The van der Waals surface area contributed by atoms with E-state index in [9.17, 15) is 8.42 Å².